The van der Waals surface area contributed by atoms with Crippen LogP contribution in [0.4, 0.5) is 9.80 Å². The predicted octanol–water partition coefficient (Wildman–Crippen LogP) is 1.49. The van der Waals surface area contributed by atoms with Crippen LogP contribution in [0.1, 0.15) is 18.4 Å². The lowest BCUT2D eigenvalue weighted by Crippen LogP contribution is -2.30. The van der Waals surface area contributed by atoms with E-state index in [1.165, 1.54) is 11.3 Å². The van der Waals surface area contributed by atoms with Crippen LogP contribution in [0.2, 0.25) is 0 Å². The van der Waals surface area contributed by atoms with Gasteiger partial charge in [0.2, 0.25) is 0 Å². The number of amides is 2. The molecule has 1 saturated carbocycles. The lowest BCUT2D eigenvalue weighted by molar-refractivity contribution is 0.252. The van der Waals surface area contributed by atoms with Gasteiger partial charge in [0.1, 0.15) is 5.00 Å². The molecule has 0 aromatic carbocycles. The second kappa shape index (κ2) is 3.98. The van der Waals surface area contributed by atoms with Crippen molar-refractivity contribution in [1.82, 2.24) is 5.32 Å². The monoisotopic (exact) mass is 211 g/mol. The summed E-state index contributed by atoms with van der Waals surface area (Å²) in [6.45, 7) is 0.461. The maximum Gasteiger partial charge on any atom is 0.320 e. The summed E-state index contributed by atoms with van der Waals surface area (Å²) in [6, 6.07) is 2.19. The summed E-state index contributed by atoms with van der Waals surface area (Å²) in [5.74, 6) is 0. The standard InChI is InChI=1S/C9H13N3OS/c10-5-6-3-4-14-8(6)12-9(13)11-7-1-2-7/h3-4,7H,1-2,5,10H2,(H2,11,12,13). The number of urea groups is 1. The van der Waals surface area contributed by atoms with Crippen molar-refractivity contribution >= 4 is 22.4 Å². The van der Waals surface area contributed by atoms with Gasteiger partial charge in [-0.2, -0.15) is 0 Å². The highest BCUT2D eigenvalue weighted by Crippen LogP contribution is 2.23. The highest BCUT2D eigenvalue weighted by atomic mass is 32.1. The number of nitrogens with one attached hydrogen (secondary N) is 2. The number of carbonyl (C=O) groups excluding carboxylic acids is 1. The number of rotatable bonds is 3. The minimum absolute atomic E-state index is 0.121. The molecule has 1 heterocycles. The Balaban J connectivity index is 1.91. The van der Waals surface area contributed by atoms with E-state index >= 15 is 0 Å². The Hall–Kier alpha value is -1.07. The van der Waals surface area contributed by atoms with Crippen molar-refractivity contribution in [2.75, 3.05) is 5.32 Å². The van der Waals surface area contributed by atoms with Gasteiger partial charge in [-0.3, -0.25) is 5.32 Å². The summed E-state index contributed by atoms with van der Waals surface area (Å²) in [5.41, 5.74) is 6.51. The molecule has 2 amide bonds. The Labute approximate surface area is 86.5 Å². The summed E-state index contributed by atoms with van der Waals surface area (Å²) >= 11 is 1.50. The molecule has 4 N–H and O–H groups in total. The van der Waals surface area contributed by atoms with Gasteiger partial charge in [0, 0.05) is 18.2 Å². The zero-order valence-corrected chi connectivity index (χ0v) is 8.56. The van der Waals surface area contributed by atoms with E-state index in [1.807, 2.05) is 11.4 Å². The second-order valence-electron chi connectivity index (χ2n) is 3.35. The fraction of sp³-hybridized carbons (Fsp3) is 0.444. The zero-order valence-electron chi connectivity index (χ0n) is 7.75. The van der Waals surface area contributed by atoms with Crippen LogP contribution in [0.15, 0.2) is 11.4 Å². The molecule has 0 saturated heterocycles. The van der Waals surface area contributed by atoms with E-state index < -0.39 is 0 Å². The van der Waals surface area contributed by atoms with E-state index in [0.717, 1.165) is 23.4 Å². The molecule has 1 aliphatic carbocycles. The van der Waals surface area contributed by atoms with Crippen LogP contribution >= 0.6 is 11.3 Å². The van der Waals surface area contributed by atoms with Crippen LogP contribution in [-0.2, 0) is 6.54 Å². The number of hydrogen-bond acceptors (Lipinski definition) is 3. The number of hydrogen-bond donors (Lipinski definition) is 3. The third-order valence-electron chi connectivity index (χ3n) is 2.11. The van der Waals surface area contributed by atoms with Crippen LogP contribution in [0, 0.1) is 0 Å². The molecule has 1 aromatic heterocycles. The highest BCUT2D eigenvalue weighted by molar-refractivity contribution is 7.14. The molecule has 5 heteroatoms. The average molecular weight is 211 g/mol. The quantitative estimate of drug-likeness (QED) is 0.709. The van der Waals surface area contributed by atoms with Gasteiger partial charge in [0.25, 0.3) is 0 Å². The molecule has 0 atom stereocenters. The van der Waals surface area contributed by atoms with Crippen LogP contribution in [0.25, 0.3) is 0 Å². The minimum atomic E-state index is -0.121. The normalized spacial score (nSPS) is 15.2. The van der Waals surface area contributed by atoms with E-state index in [2.05, 4.69) is 10.6 Å². The van der Waals surface area contributed by atoms with E-state index in [0.29, 0.717) is 12.6 Å². The van der Waals surface area contributed by atoms with Gasteiger partial charge in [-0.15, -0.1) is 11.3 Å². The molecule has 76 valence electrons. The summed E-state index contributed by atoms with van der Waals surface area (Å²) in [6.07, 6.45) is 2.20. The maximum atomic E-state index is 11.4. The predicted molar refractivity (Wildman–Crippen MR) is 57.4 cm³/mol. The van der Waals surface area contributed by atoms with Crippen molar-refractivity contribution in [3.8, 4) is 0 Å². The number of carbonyl (C=O) groups is 1. The molecular weight excluding hydrogens is 198 g/mol. The smallest absolute Gasteiger partial charge is 0.320 e. The minimum Gasteiger partial charge on any atom is -0.335 e. The van der Waals surface area contributed by atoms with E-state index in [9.17, 15) is 4.79 Å². The molecule has 2 rings (SSSR count). The summed E-state index contributed by atoms with van der Waals surface area (Å²) < 4.78 is 0. The van der Waals surface area contributed by atoms with Gasteiger partial charge < -0.3 is 11.1 Å². The zero-order chi connectivity index (χ0) is 9.97. The average Bonchev–Trinajstić information content (AvgIpc) is 2.84. The Morgan fingerprint density at radius 1 is 1.64 bits per heavy atom. The van der Waals surface area contributed by atoms with Gasteiger partial charge in [0.15, 0.2) is 0 Å². The molecular formula is C9H13N3OS. The number of thiophene rings is 1. The first-order valence-corrected chi connectivity index (χ1v) is 5.51. The van der Waals surface area contributed by atoms with Crippen molar-refractivity contribution in [3.63, 3.8) is 0 Å². The first-order valence-electron chi connectivity index (χ1n) is 4.63. The summed E-state index contributed by atoms with van der Waals surface area (Å²) in [4.78, 5) is 11.4. The third kappa shape index (κ3) is 2.24. The van der Waals surface area contributed by atoms with Gasteiger partial charge in [0.05, 0.1) is 0 Å². The molecule has 0 unspecified atom stereocenters. The van der Waals surface area contributed by atoms with Crippen LogP contribution in [0.3, 0.4) is 0 Å². The summed E-state index contributed by atoms with van der Waals surface area (Å²) in [5, 5.41) is 8.44. The molecule has 0 spiro atoms. The molecule has 1 aliphatic rings. The highest BCUT2D eigenvalue weighted by Gasteiger charge is 2.23. The van der Waals surface area contributed by atoms with Crippen LogP contribution in [-0.4, -0.2) is 12.1 Å². The van der Waals surface area contributed by atoms with Crippen molar-refractivity contribution in [3.05, 3.63) is 17.0 Å². The topological polar surface area (TPSA) is 67.1 Å². The summed E-state index contributed by atoms with van der Waals surface area (Å²) in [7, 11) is 0. The van der Waals surface area contributed by atoms with Crippen molar-refractivity contribution in [2.45, 2.75) is 25.4 Å². The first-order chi connectivity index (χ1) is 6.79. The Kier molecular flexibility index (Phi) is 2.69. The first kappa shape index (κ1) is 9.48. The lowest BCUT2D eigenvalue weighted by Gasteiger charge is -2.05. The van der Waals surface area contributed by atoms with Gasteiger partial charge in [-0.1, -0.05) is 0 Å². The molecule has 1 fully saturated rings. The Bertz CT molecular complexity index is 333. The second-order valence-corrected chi connectivity index (χ2v) is 4.27. The number of nitrogens with two attached hydrogens (primary N) is 1. The van der Waals surface area contributed by atoms with Crippen molar-refractivity contribution in [1.29, 1.82) is 0 Å². The van der Waals surface area contributed by atoms with Crippen molar-refractivity contribution in [2.24, 2.45) is 5.73 Å². The maximum absolute atomic E-state index is 11.4. The molecule has 4 nitrogen and oxygen atoms in total. The van der Waals surface area contributed by atoms with Crippen LogP contribution in [0.5, 0.6) is 0 Å². The fourth-order valence-corrected chi connectivity index (χ4v) is 1.98. The van der Waals surface area contributed by atoms with E-state index in [1.54, 1.807) is 0 Å². The fourth-order valence-electron chi connectivity index (χ4n) is 1.16. The molecule has 14 heavy (non-hydrogen) atoms. The Morgan fingerprint density at radius 2 is 2.43 bits per heavy atom. The third-order valence-corrected chi connectivity index (χ3v) is 2.98. The van der Waals surface area contributed by atoms with Gasteiger partial charge in [-0.25, -0.2) is 4.79 Å². The SMILES string of the molecule is NCc1ccsc1NC(=O)NC1CC1. The number of anilines is 1. The largest absolute Gasteiger partial charge is 0.335 e. The van der Waals surface area contributed by atoms with E-state index in [4.69, 9.17) is 5.73 Å². The van der Waals surface area contributed by atoms with E-state index in [-0.39, 0.29) is 6.03 Å². The molecule has 0 radical (unpaired) electrons. The molecule has 0 bridgehead atoms. The van der Waals surface area contributed by atoms with Crippen LogP contribution < -0.4 is 16.4 Å². The van der Waals surface area contributed by atoms with Gasteiger partial charge in [-0.05, 0) is 24.3 Å². The van der Waals surface area contributed by atoms with Gasteiger partial charge >= 0.3 is 6.03 Å². The van der Waals surface area contributed by atoms with Crippen molar-refractivity contribution < 1.29 is 4.79 Å². The Morgan fingerprint density at radius 3 is 3.07 bits per heavy atom. The molecule has 1 aromatic rings. The molecule has 0 aliphatic heterocycles. The lowest BCUT2D eigenvalue weighted by atomic mass is 10.3.